The lowest BCUT2D eigenvalue weighted by molar-refractivity contribution is 1.44. The van der Waals surface area contributed by atoms with Crippen molar-refractivity contribution in [3.63, 3.8) is 0 Å². The summed E-state index contributed by atoms with van der Waals surface area (Å²) in [7, 11) is 1.76. The Balaban J connectivity index is 2.45. The third-order valence-electron chi connectivity index (χ3n) is 2.35. The Labute approximate surface area is 89.2 Å². The van der Waals surface area contributed by atoms with Gasteiger partial charge in [-0.2, -0.15) is 0 Å². The van der Waals surface area contributed by atoms with Gasteiger partial charge in [-0.05, 0) is 23.8 Å². The number of nitrogens with one attached hydrogen (secondary N) is 1. The Bertz CT molecular complexity index is 465. The Morgan fingerprint density at radius 1 is 1.07 bits per heavy atom. The summed E-state index contributed by atoms with van der Waals surface area (Å²) in [5.74, 6) is 0. The van der Waals surface area contributed by atoms with Gasteiger partial charge in [0.15, 0.2) is 0 Å². The van der Waals surface area contributed by atoms with E-state index in [9.17, 15) is 0 Å². The van der Waals surface area contributed by atoms with Crippen LogP contribution in [0.1, 0.15) is 5.56 Å². The molecule has 2 nitrogen and oxygen atoms in total. The van der Waals surface area contributed by atoms with Gasteiger partial charge in [-0.25, -0.2) is 0 Å². The molecule has 2 rings (SSSR count). The molecule has 0 aliphatic heterocycles. The van der Waals surface area contributed by atoms with Gasteiger partial charge in [0.1, 0.15) is 0 Å². The Hall–Kier alpha value is -1.96. The highest BCUT2D eigenvalue weighted by Gasteiger charge is 2.09. The second kappa shape index (κ2) is 4.05. The largest absolute Gasteiger partial charge is 0.300 e. The lowest BCUT2D eigenvalue weighted by Gasteiger charge is -2.10. The van der Waals surface area contributed by atoms with E-state index in [0.717, 1.165) is 16.8 Å². The molecule has 1 aliphatic carbocycles. The standard InChI is InChI=1S/C13H12N2/c1-15-11-7-8-13(14)12(9-11)10-5-3-2-4-6-10/h2-9,14H,1H3. The van der Waals surface area contributed by atoms with Gasteiger partial charge in [0.25, 0.3) is 0 Å². The summed E-state index contributed by atoms with van der Waals surface area (Å²) in [6.07, 6.45) is 5.58. The van der Waals surface area contributed by atoms with Crippen molar-refractivity contribution in [2.24, 2.45) is 4.99 Å². The maximum absolute atomic E-state index is 7.84. The molecule has 0 radical (unpaired) electrons. The molecule has 0 amide bonds. The maximum Gasteiger partial charge on any atom is 0.0619 e. The zero-order valence-corrected chi connectivity index (χ0v) is 8.57. The molecule has 0 unspecified atom stereocenters. The van der Waals surface area contributed by atoms with Gasteiger partial charge in [-0.1, -0.05) is 30.3 Å². The van der Waals surface area contributed by atoms with Crippen molar-refractivity contribution in [3.8, 4) is 0 Å². The van der Waals surface area contributed by atoms with E-state index in [1.54, 1.807) is 13.1 Å². The number of nitrogens with zero attached hydrogens (tertiary/aromatic N) is 1. The summed E-state index contributed by atoms with van der Waals surface area (Å²) in [6, 6.07) is 9.94. The molecule has 0 atom stereocenters. The van der Waals surface area contributed by atoms with E-state index >= 15 is 0 Å². The third kappa shape index (κ3) is 1.94. The third-order valence-corrected chi connectivity index (χ3v) is 2.35. The zero-order chi connectivity index (χ0) is 10.7. The molecule has 0 bridgehead atoms. The summed E-state index contributed by atoms with van der Waals surface area (Å²) in [5.41, 5.74) is 3.44. The quantitative estimate of drug-likeness (QED) is 0.670. The average Bonchev–Trinajstić information content (AvgIpc) is 2.31. The molecule has 1 aromatic rings. The first-order valence-corrected chi connectivity index (χ1v) is 4.82. The van der Waals surface area contributed by atoms with Crippen molar-refractivity contribution in [1.82, 2.24) is 0 Å². The highest BCUT2D eigenvalue weighted by atomic mass is 14.7. The molecule has 1 N–H and O–H groups in total. The van der Waals surface area contributed by atoms with Crippen LogP contribution in [0.4, 0.5) is 0 Å². The van der Waals surface area contributed by atoms with Crippen LogP contribution < -0.4 is 0 Å². The van der Waals surface area contributed by atoms with Crippen molar-refractivity contribution in [2.45, 2.75) is 0 Å². The normalized spacial score (nSPS) is 18.1. The fourth-order valence-electron chi connectivity index (χ4n) is 1.53. The van der Waals surface area contributed by atoms with Crippen LogP contribution in [-0.2, 0) is 0 Å². The predicted molar refractivity (Wildman–Crippen MR) is 64.6 cm³/mol. The van der Waals surface area contributed by atoms with Crippen molar-refractivity contribution >= 4 is 17.0 Å². The summed E-state index contributed by atoms with van der Waals surface area (Å²) in [6.45, 7) is 0. The van der Waals surface area contributed by atoms with Gasteiger partial charge in [0, 0.05) is 12.6 Å². The first-order valence-electron chi connectivity index (χ1n) is 4.82. The number of hydrogen-bond donors (Lipinski definition) is 1. The maximum atomic E-state index is 7.84. The molecule has 0 spiro atoms. The van der Waals surface area contributed by atoms with Gasteiger partial charge in [-0.15, -0.1) is 0 Å². The molecular weight excluding hydrogens is 184 g/mol. The van der Waals surface area contributed by atoms with Crippen molar-refractivity contribution in [1.29, 1.82) is 5.41 Å². The molecule has 1 aromatic carbocycles. The second-order valence-electron chi connectivity index (χ2n) is 3.32. The number of allylic oxidation sites excluding steroid dienone is 4. The molecule has 1 aliphatic rings. The molecular formula is C13H12N2. The van der Waals surface area contributed by atoms with Crippen molar-refractivity contribution in [2.75, 3.05) is 7.05 Å². The van der Waals surface area contributed by atoms with Gasteiger partial charge in [-0.3, -0.25) is 4.99 Å². The lowest BCUT2D eigenvalue weighted by atomic mass is 9.95. The van der Waals surface area contributed by atoms with E-state index in [-0.39, 0.29) is 0 Å². The van der Waals surface area contributed by atoms with Crippen LogP contribution in [0, 0.1) is 5.41 Å². The Morgan fingerprint density at radius 2 is 1.80 bits per heavy atom. The van der Waals surface area contributed by atoms with E-state index in [1.807, 2.05) is 42.5 Å². The minimum Gasteiger partial charge on any atom is -0.300 e. The average molecular weight is 196 g/mol. The van der Waals surface area contributed by atoms with Crippen molar-refractivity contribution in [3.05, 3.63) is 54.1 Å². The molecule has 0 aromatic heterocycles. The lowest BCUT2D eigenvalue weighted by Crippen LogP contribution is -2.06. The van der Waals surface area contributed by atoms with Crippen molar-refractivity contribution < 1.29 is 0 Å². The van der Waals surface area contributed by atoms with E-state index in [1.165, 1.54) is 0 Å². The van der Waals surface area contributed by atoms with Crippen LogP contribution in [0.2, 0.25) is 0 Å². The van der Waals surface area contributed by atoms with Crippen LogP contribution in [0.25, 0.3) is 5.57 Å². The predicted octanol–water partition coefficient (Wildman–Crippen LogP) is 2.73. The van der Waals surface area contributed by atoms with E-state index < -0.39 is 0 Å². The van der Waals surface area contributed by atoms with Gasteiger partial charge < -0.3 is 5.41 Å². The number of rotatable bonds is 1. The first kappa shape index (κ1) is 9.59. The Morgan fingerprint density at radius 3 is 2.47 bits per heavy atom. The molecule has 2 heteroatoms. The van der Waals surface area contributed by atoms with Crippen LogP contribution >= 0.6 is 0 Å². The number of aliphatic imine (C=N–C) groups is 1. The van der Waals surface area contributed by atoms with Crippen LogP contribution in [0.15, 0.2) is 53.6 Å². The zero-order valence-electron chi connectivity index (χ0n) is 8.57. The molecule has 0 saturated carbocycles. The molecule has 0 saturated heterocycles. The fraction of sp³-hybridized carbons (Fsp3) is 0.0769. The summed E-state index contributed by atoms with van der Waals surface area (Å²) < 4.78 is 0. The monoisotopic (exact) mass is 196 g/mol. The summed E-state index contributed by atoms with van der Waals surface area (Å²) >= 11 is 0. The number of benzene rings is 1. The SMILES string of the molecule is CN=C1C=CC(=N)C(c2ccccc2)=C1. The van der Waals surface area contributed by atoms with E-state index in [2.05, 4.69) is 4.99 Å². The molecule has 15 heavy (non-hydrogen) atoms. The smallest absolute Gasteiger partial charge is 0.0619 e. The van der Waals surface area contributed by atoms with E-state index in [0.29, 0.717) is 5.71 Å². The fourth-order valence-corrected chi connectivity index (χ4v) is 1.53. The van der Waals surface area contributed by atoms with E-state index in [4.69, 9.17) is 5.41 Å². The van der Waals surface area contributed by atoms with Gasteiger partial charge >= 0.3 is 0 Å². The highest BCUT2D eigenvalue weighted by Crippen LogP contribution is 2.19. The highest BCUT2D eigenvalue weighted by molar-refractivity contribution is 6.35. The summed E-state index contributed by atoms with van der Waals surface area (Å²) in [4.78, 5) is 4.11. The number of hydrogen-bond acceptors (Lipinski definition) is 2. The minimum atomic E-state index is 0.536. The van der Waals surface area contributed by atoms with Crippen LogP contribution in [0.5, 0.6) is 0 Å². The topological polar surface area (TPSA) is 36.2 Å². The Kier molecular flexibility index (Phi) is 2.59. The summed E-state index contributed by atoms with van der Waals surface area (Å²) in [5, 5.41) is 7.84. The van der Waals surface area contributed by atoms with Gasteiger partial charge in [0.2, 0.25) is 0 Å². The second-order valence-corrected chi connectivity index (χ2v) is 3.32. The molecule has 0 fully saturated rings. The minimum absolute atomic E-state index is 0.536. The first-order chi connectivity index (χ1) is 7.31. The molecule has 74 valence electrons. The van der Waals surface area contributed by atoms with Gasteiger partial charge in [0.05, 0.1) is 11.4 Å². The molecule has 0 heterocycles. The van der Waals surface area contributed by atoms with Crippen LogP contribution in [-0.4, -0.2) is 18.5 Å². The van der Waals surface area contributed by atoms with Crippen LogP contribution in [0.3, 0.4) is 0 Å².